The summed E-state index contributed by atoms with van der Waals surface area (Å²) >= 11 is 0. The lowest BCUT2D eigenvalue weighted by molar-refractivity contribution is -0.128. The van der Waals surface area contributed by atoms with Crippen LogP contribution in [-0.4, -0.2) is 30.4 Å². The molecule has 0 aliphatic heterocycles. The van der Waals surface area contributed by atoms with Crippen LogP contribution in [0.3, 0.4) is 0 Å². The summed E-state index contributed by atoms with van der Waals surface area (Å²) in [4.78, 5) is 26.6. The van der Waals surface area contributed by atoms with E-state index in [1.54, 1.807) is 13.8 Å². The van der Waals surface area contributed by atoms with Crippen molar-refractivity contribution in [3.8, 4) is 0 Å². The van der Waals surface area contributed by atoms with Gasteiger partial charge in [0.05, 0.1) is 11.0 Å². The van der Waals surface area contributed by atoms with Crippen molar-refractivity contribution in [1.82, 2.24) is 15.6 Å². The number of aromatic nitrogens is 1. The highest BCUT2D eigenvalue weighted by atomic mass is 19.1. The number of pyridine rings is 1. The quantitative estimate of drug-likeness (QED) is 0.777. The van der Waals surface area contributed by atoms with Crippen LogP contribution in [-0.2, 0) is 4.79 Å². The molecule has 0 spiro atoms. The first-order valence-electron chi connectivity index (χ1n) is 5.49. The number of rotatable bonds is 4. The van der Waals surface area contributed by atoms with Crippen molar-refractivity contribution in [3.63, 3.8) is 0 Å². The normalized spacial score (nSPS) is 10.9. The number of nitrogens with zero attached hydrogens (tertiary/aromatic N) is 1. The maximum atomic E-state index is 12.6. The number of nitrogens with one attached hydrogen (secondary N) is 2. The standard InChI is InChI=1S/C12H16FN3O2/c1-12(2,11(18)14-3)7-16-10(17)8-4-5-9(13)15-6-8/h4-6H,7H2,1-3H3,(H,14,18)(H,16,17). The number of hydrogen-bond acceptors (Lipinski definition) is 3. The molecule has 0 bridgehead atoms. The molecule has 0 aliphatic carbocycles. The summed E-state index contributed by atoms with van der Waals surface area (Å²) in [6.07, 6.45) is 1.15. The second-order valence-electron chi connectivity index (χ2n) is 4.52. The Hall–Kier alpha value is -1.98. The zero-order valence-electron chi connectivity index (χ0n) is 10.6. The predicted octanol–water partition coefficient (Wildman–Crippen LogP) is 0.723. The lowest BCUT2D eigenvalue weighted by atomic mass is 9.92. The molecule has 6 heteroatoms. The molecule has 0 saturated carbocycles. The van der Waals surface area contributed by atoms with Gasteiger partial charge in [0.25, 0.3) is 5.91 Å². The van der Waals surface area contributed by atoms with E-state index in [2.05, 4.69) is 15.6 Å². The summed E-state index contributed by atoms with van der Waals surface area (Å²) in [5, 5.41) is 5.14. The Labute approximate surface area is 105 Å². The molecule has 0 fully saturated rings. The highest BCUT2D eigenvalue weighted by molar-refractivity contribution is 5.94. The average molecular weight is 253 g/mol. The summed E-state index contributed by atoms with van der Waals surface area (Å²) < 4.78 is 12.6. The Morgan fingerprint density at radius 1 is 1.39 bits per heavy atom. The van der Waals surface area contributed by atoms with Gasteiger partial charge in [-0.1, -0.05) is 0 Å². The van der Waals surface area contributed by atoms with Gasteiger partial charge in [-0.3, -0.25) is 9.59 Å². The average Bonchev–Trinajstić information content (AvgIpc) is 2.35. The molecule has 0 atom stereocenters. The van der Waals surface area contributed by atoms with Crippen LogP contribution >= 0.6 is 0 Å². The van der Waals surface area contributed by atoms with E-state index in [1.165, 1.54) is 13.1 Å². The molecule has 2 amide bonds. The van der Waals surface area contributed by atoms with Crippen molar-refractivity contribution in [1.29, 1.82) is 0 Å². The van der Waals surface area contributed by atoms with Gasteiger partial charge in [0.2, 0.25) is 11.9 Å². The SMILES string of the molecule is CNC(=O)C(C)(C)CNC(=O)c1ccc(F)nc1. The van der Waals surface area contributed by atoms with Gasteiger partial charge in [0, 0.05) is 19.8 Å². The van der Waals surface area contributed by atoms with E-state index in [0.29, 0.717) is 0 Å². The van der Waals surface area contributed by atoms with E-state index in [0.717, 1.165) is 12.3 Å². The van der Waals surface area contributed by atoms with Crippen molar-refractivity contribution in [3.05, 3.63) is 29.8 Å². The molecule has 1 rings (SSSR count). The van der Waals surface area contributed by atoms with Gasteiger partial charge in [-0.05, 0) is 26.0 Å². The largest absolute Gasteiger partial charge is 0.359 e. The Morgan fingerprint density at radius 3 is 2.56 bits per heavy atom. The van der Waals surface area contributed by atoms with E-state index in [1.807, 2.05) is 0 Å². The third-order valence-corrected chi connectivity index (χ3v) is 2.52. The number of hydrogen-bond donors (Lipinski definition) is 2. The Balaban J connectivity index is 2.61. The molecule has 5 nitrogen and oxygen atoms in total. The van der Waals surface area contributed by atoms with Crippen LogP contribution < -0.4 is 10.6 Å². The zero-order valence-corrected chi connectivity index (χ0v) is 10.6. The predicted molar refractivity (Wildman–Crippen MR) is 64.4 cm³/mol. The monoisotopic (exact) mass is 253 g/mol. The molecule has 0 aliphatic rings. The highest BCUT2D eigenvalue weighted by Gasteiger charge is 2.27. The van der Waals surface area contributed by atoms with Gasteiger partial charge in [-0.2, -0.15) is 4.39 Å². The maximum Gasteiger partial charge on any atom is 0.252 e. The highest BCUT2D eigenvalue weighted by Crippen LogP contribution is 2.13. The summed E-state index contributed by atoms with van der Waals surface area (Å²) in [6.45, 7) is 3.62. The van der Waals surface area contributed by atoms with Gasteiger partial charge >= 0.3 is 0 Å². The molecule has 0 unspecified atom stereocenters. The van der Waals surface area contributed by atoms with Gasteiger partial charge in [0.1, 0.15) is 0 Å². The second-order valence-corrected chi connectivity index (χ2v) is 4.52. The van der Waals surface area contributed by atoms with Crippen molar-refractivity contribution in [2.24, 2.45) is 5.41 Å². The first-order chi connectivity index (χ1) is 8.36. The van der Waals surface area contributed by atoms with Crippen molar-refractivity contribution in [2.75, 3.05) is 13.6 Å². The smallest absolute Gasteiger partial charge is 0.252 e. The first kappa shape index (κ1) is 14.1. The van der Waals surface area contributed by atoms with Crippen molar-refractivity contribution in [2.45, 2.75) is 13.8 Å². The van der Waals surface area contributed by atoms with Crippen LogP contribution in [0.25, 0.3) is 0 Å². The van der Waals surface area contributed by atoms with Crippen molar-refractivity contribution < 1.29 is 14.0 Å². The van der Waals surface area contributed by atoms with Crippen LogP contribution in [0.15, 0.2) is 18.3 Å². The minimum Gasteiger partial charge on any atom is -0.359 e. The Morgan fingerprint density at radius 2 is 2.06 bits per heavy atom. The van der Waals surface area contributed by atoms with Gasteiger partial charge in [0.15, 0.2) is 0 Å². The first-order valence-corrected chi connectivity index (χ1v) is 5.49. The van der Waals surface area contributed by atoms with Crippen LogP contribution in [0.5, 0.6) is 0 Å². The zero-order chi connectivity index (χ0) is 13.8. The molecule has 18 heavy (non-hydrogen) atoms. The van der Waals surface area contributed by atoms with E-state index in [9.17, 15) is 14.0 Å². The molecule has 0 aromatic carbocycles. The summed E-state index contributed by atoms with van der Waals surface area (Å²) in [5.41, 5.74) is -0.457. The second kappa shape index (κ2) is 5.57. The van der Waals surface area contributed by atoms with Gasteiger partial charge in [-0.15, -0.1) is 0 Å². The third-order valence-electron chi connectivity index (χ3n) is 2.52. The van der Waals surface area contributed by atoms with Crippen LogP contribution in [0.1, 0.15) is 24.2 Å². The fourth-order valence-electron chi connectivity index (χ4n) is 1.33. The molecule has 98 valence electrons. The molecule has 0 saturated heterocycles. The Bertz CT molecular complexity index is 443. The minimum atomic E-state index is -0.710. The molecule has 2 N–H and O–H groups in total. The number of carbonyl (C=O) groups excluding carboxylic acids is 2. The van der Waals surface area contributed by atoms with E-state index < -0.39 is 11.4 Å². The van der Waals surface area contributed by atoms with E-state index >= 15 is 0 Å². The number of amides is 2. The third kappa shape index (κ3) is 3.51. The molecule has 0 radical (unpaired) electrons. The van der Waals surface area contributed by atoms with Crippen LogP contribution in [0.2, 0.25) is 0 Å². The molecular formula is C12H16FN3O2. The lowest BCUT2D eigenvalue weighted by Gasteiger charge is -2.22. The maximum absolute atomic E-state index is 12.6. The molecular weight excluding hydrogens is 237 g/mol. The van der Waals surface area contributed by atoms with Crippen LogP contribution in [0.4, 0.5) is 4.39 Å². The van der Waals surface area contributed by atoms with Crippen molar-refractivity contribution >= 4 is 11.8 Å². The van der Waals surface area contributed by atoms with Gasteiger partial charge < -0.3 is 10.6 Å². The summed E-state index contributed by atoms with van der Waals surface area (Å²) in [7, 11) is 1.54. The minimum absolute atomic E-state index is 0.167. The molecule has 1 aromatic heterocycles. The topological polar surface area (TPSA) is 71.1 Å². The molecule has 1 heterocycles. The fourth-order valence-corrected chi connectivity index (χ4v) is 1.33. The van der Waals surface area contributed by atoms with E-state index in [4.69, 9.17) is 0 Å². The lowest BCUT2D eigenvalue weighted by Crippen LogP contribution is -2.43. The summed E-state index contributed by atoms with van der Waals surface area (Å²) in [6, 6.07) is 2.45. The van der Waals surface area contributed by atoms with Gasteiger partial charge in [-0.25, -0.2) is 4.98 Å². The van der Waals surface area contributed by atoms with E-state index in [-0.39, 0.29) is 23.9 Å². The summed E-state index contributed by atoms with van der Waals surface area (Å²) in [5.74, 6) is -1.20. The number of carbonyl (C=O) groups is 2. The molecule has 1 aromatic rings. The Kier molecular flexibility index (Phi) is 4.36. The fraction of sp³-hybridized carbons (Fsp3) is 0.417. The van der Waals surface area contributed by atoms with Crippen LogP contribution in [0, 0.1) is 11.4 Å². The number of halogens is 1.